The number of carbonyl (C=O) groups is 1. The van der Waals surface area contributed by atoms with Crippen LogP contribution in [0.25, 0.3) is 5.65 Å². The van der Waals surface area contributed by atoms with Crippen molar-refractivity contribution in [1.82, 2.24) is 24.4 Å². The Morgan fingerprint density at radius 3 is 2.47 bits per heavy atom. The Hall–Kier alpha value is -3.28. The third kappa shape index (κ3) is 4.49. The fraction of sp³-hybridized carbons (Fsp3) is 0.200. The predicted molar refractivity (Wildman–Crippen MR) is 111 cm³/mol. The molecule has 0 spiro atoms. The van der Waals surface area contributed by atoms with Gasteiger partial charge in [-0.2, -0.15) is 10.2 Å². The van der Waals surface area contributed by atoms with Crippen LogP contribution in [0, 0.1) is 6.92 Å². The number of fused-ring (bicyclic) bond motifs is 1. The number of carbonyl (C=O) groups excluding carboxylic acids is 1. The number of benzene rings is 1. The molecule has 1 amide bonds. The minimum absolute atomic E-state index is 0.189. The van der Waals surface area contributed by atoms with Crippen LogP contribution >= 0.6 is 15.9 Å². The summed E-state index contributed by atoms with van der Waals surface area (Å²) in [6.45, 7) is 2.44. The van der Waals surface area contributed by atoms with Crippen molar-refractivity contribution in [3.05, 3.63) is 75.3 Å². The van der Waals surface area contributed by atoms with E-state index < -0.39 is 30.1 Å². The molecular formula is C20H15BrF4N6O. The number of alkyl halides is 4. The van der Waals surface area contributed by atoms with Crippen molar-refractivity contribution < 1.29 is 22.4 Å². The van der Waals surface area contributed by atoms with E-state index in [4.69, 9.17) is 0 Å². The van der Waals surface area contributed by atoms with Gasteiger partial charge in [0, 0.05) is 12.3 Å². The minimum Gasteiger partial charge on any atom is -0.303 e. The Balaban J connectivity index is 1.58. The van der Waals surface area contributed by atoms with Crippen molar-refractivity contribution in [2.24, 2.45) is 0 Å². The van der Waals surface area contributed by atoms with Crippen LogP contribution in [0.3, 0.4) is 0 Å². The van der Waals surface area contributed by atoms with Gasteiger partial charge in [-0.05, 0) is 34.5 Å². The lowest BCUT2D eigenvalue weighted by molar-refractivity contribution is 0.102. The van der Waals surface area contributed by atoms with Crippen molar-refractivity contribution >= 4 is 33.3 Å². The van der Waals surface area contributed by atoms with E-state index in [0.29, 0.717) is 21.6 Å². The summed E-state index contributed by atoms with van der Waals surface area (Å²) in [6.07, 6.45) is -4.46. The molecule has 0 unspecified atom stereocenters. The van der Waals surface area contributed by atoms with Crippen LogP contribution < -0.4 is 5.32 Å². The van der Waals surface area contributed by atoms with Gasteiger partial charge in [-0.3, -0.25) is 9.48 Å². The van der Waals surface area contributed by atoms with Crippen LogP contribution in [0.1, 0.15) is 45.9 Å². The number of halogens is 5. The van der Waals surface area contributed by atoms with Crippen molar-refractivity contribution in [2.45, 2.75) is 26.3 Å². The molecule has 0 bridgehead atoms. The molecule has 7 nitrogen and oxygen atoms in total. The molecule has 12 heteroatoms. The topological polar surface area (TPSA) is 77.1 Å². The first-order chi connectivity index (χ1) is 15.2. The monoisotopic (exact) mass is 510 g/mol. The van der Waals surface area contributed by atoms with Crippen LogP contribution in [-0.2, 0) is 6.54 Å². The highest BCUT2D eigenvalue weighted by atomic mass is 79.9. The molecule has 166 valence electrons. The minimum atomic E-state index is -3.08. The number of hydrogen-bond acceptors (Lipinski definition) is 4. The Morgan fingerprint density at radius 2 is 1.81 bits per heavy atom. The van der Waals surface area contributed by atoms with E-state index in [2.05, 4.69) is 36.4 Å². The Labute approximate surface area is 187 Å². The van der Waals surface area contributed by atoms with E-state index in [-0.39, 0.29) is 17.2 Å². The molecular weight excluding hydrogens is 496 g/mol. The van der Waals surface area contributed by atoms with E-state index in [1.54, 1.807) is 10.9 Å². The molecule has 0 saturated carbocycles. The van der Waals surface area contributed by atoms with Gasteiger partial charge in [-0.1, -0.05) is 29.8 Å². The summed E-state index contributed by atoms with van der Waals surface area (Å²) in [5.41, 5.74) is -0.0339. The number of hydrogen-bond donors (Lipinski definition) is 1. The van der Waals surface area contributed by atoms with Crippen molar-refractivity contribution in [2.75, 3.05) is 5.32 Å². The molecule has 3 aromatic heterocycles. The van der Waals surface area contributed by atoms with Gasteiger partial charge in [0.1, 0.15) is 11.4 Å². The van der Waals surface area contributed by atoms with Gasteiger partial charge >= 0.3 is 0 Å². The molecule has 0 aliphatic rings. The fourth-order valence-corrected chi connectivity index (χ4v) is 3.43. The van der Waals surface area contributed by atoms with Crippen molar-refractivity contribution in [3.63, 3.8) is 0 Å². The first kappa shape index (κ1) is 21.9. The lowest BCUT2D eigenvalue weighted by atomic mass is 10.1. The summed E-state index contributed by atoms with van der Waals surface area (Å²) in [4.78, 5) is 16.2. The van der Waals surface area contributed by atoms with Gasteiger partial charge in [0.25, 0.3) is 18.8 Å². The number of nitrogens with zero attached hydrogens (tertiary/aromatic N) is 5. The Morgan fingerprint density at radius 1 is 1.09 bits per heavy atom. The van der Waals surface area contributed by atoms with Gasteiger partial charge in [0.2, 0.25) is 0 Å². The highest BCUT2D eigenvalue weighted by Crippen LogP contribution is 2.26. The van der Waals surface area contributed by atoms with E-state index in [1.807, 2.05) is 31.2 Å². The number of rotatable bonds is 6. The van der Waals surface area contributed by atoms with Crippen LogP contribution in [0.5, 0.6) is 0 Å². The molecule has 1 aromatic carbocycles. The molecule has 0 radical (unpaired) electrons. The fourth-order valence-electron chi connectivity index (χ4n) is 3.01. The van der Waals surface area contributed by atoms with Crippen LogP contribution in [0.4, 0.5) is 23.4 Å². The van der Waals surface area contributed by atoms with Gasteiger partial charge in [0.15, 0.2) is 17.2 Å². The molecule has 0 atom stereocenters. The maximum atomic E-state index is 13.3. The average Bonchev–Trinajstić information content (AvgIpc) is 3.32. The number of nitrogens with one attached hydrogen (secondary N) is 1. The zero-order chi connectivity index (χ0) is 23.0. The van der Waals surface area contributed by atoms with E-state index in [9.17, 15) is 22.4 Å². The zero-order valence-corrected chi connectivity index (χ0v) is 18.0. The normalized spacial score (nSPS) is 11.6. The molecule has 0 saturated heterocycles. The van der Waals surface area contributed by atoms with Crippen LogP contribution in [-0.4, -0.2) is 30.3 Å². The lowest BCUT2D eigenvalue weighted by Gasteiger charge is -2.06. The van der Waals surface area contributed by atoms with Crippen molar-refractivity contribution in [1.29, 1.82) is 0 Å². The molecule has 3 heterocycles. The Kier molecular flexibility index (Phi) is 5.96. The largest absolute Gasteiger partial charge is 0.303 e. The number of anilines is 1. The first-order valence-electron chi connectivity index (χ1n) is 9.28. The van der Waals surface area contributed by atoms with Gasteiger partial charge < -0.3 is 5.32 Å². The maximum Gasteiger partial charge on any atom is 0.280 e. The second-order valence-corrected chi connectivity index (χ2v) is 7.82. The summed E-state index contributed by atoms with van der Waals surface area (Å²) < 4.78 is 55.3. The smallest absolute Gasteiger partial charge is 0.280 e. The van der Waals surface area contributed by atoms with Gasteiger partial charge in [-0.25, -0.2) is 27.1 Å². The standard InChI is InChI=1S/C20H15BrF4N6O/c1-10-2-4-11(5-3-10)8-30-9-12(21)19(29-30)27-20(32)14-7-16-26-13(17(22)23)6-15(18(24)25)31(16)28-14/h2-7,9,17-18H,8H2,1H3,(H,27,29,32). The molecule has 0 aliphatic carbocycles. The number of aryl methyl sites for hydroxylation is 1. The summed E-state index contributed by atoms with van der Waals surface area (Å²) >= 11 is 3.32. The van der Waals surface area contributed by atoms with Gasteiger partial charge in [0.05, 0.1) is 11.0 Å². The number of aromatic nitrogens is 5. The predicted octanol–water partition coefficient (Wildman–Crippen LogP) is 5.17. The summed E-state index contributed by atoms with van der Waals surface area (Å²) in [5, 5.41) is 10.6. The van der Waals surface area contributed by atoms with Crippen molar-refractivity contribution in [3.8, 4) is 0 Å². The van der Waals surface area contributed by atoms with Crippen LogP contribution in [0.15, 0.2) is 47.1 Å². The van der Waals surface area contributed by atoms with E-state index >= 15 is 0 Å². The third-order valence-corrected chi connectivity index (χ3v) is 5.15. The molecule has 1 N–H and O–H groups in total. The maximum absolute atomic E-state index is 13.3. The summed E-state index contributed by atoms with van der Waals surface area (Å²) in [6, 6.07) is 9.50. The Bertz CT molecular complexity index is 1290. The molecule has 32 heavy (non-hydrogen) atoms. The van der Waals surface area contributed by atoms with Crippen LogP contribution in [0.2, 0.25) is 0 Å². The first-order valence-corrected chi connectivity index (χ1v) is 10.1. The van der Waals surface area contributed by atoms with E-state index in [0.717, 1.165) is 17.2 Å². The highest BCUT2D eigenvalue weighted by molar-refractivity contribution is 9.10. The average molecular weight is 511 g/mol. The summed E-state index contributed by atoms with van der Waals surface area (Å²) in [5.74, 6) is -0.565. The molecule has 4 rings (SSSR count). The SMILES string of the molecule is Cc1ccc(Cn2cc(Br)c(NC(=O)c3cc4nc(C(F)F)cc(C(F)F)n4n3)n2)cc1. The second kappa shape index (κ2) is 8.69. The molecule has 0 fully saturated rings. The quantitative estimate of drug-likeness (QED) is 0.363. The lowest BCUT2D eigenvalue weighted by Crippen LogP contribution is -2.14. The molecule has 4 aromatic rings. The van der Waals surface area contributed by atoms with Gasteiger partial charge in [-0.15, -0.1) is 0 Å². The van der Waals surface area contributed by atoms with E-state index in [1.165, 1.54) is 0 Å². The number of amides is 1. The third-order valence-electron chi connectivity index (χ3n) is 4.57. The molecule has 0 aliphatic heterocycles. The summed E-state index contributed by atoms with van der Waals surface area (Å²) in [7, 11) is 0. The second-order valence-electron chi connectivity index (χ2n) is 6.97. The zero-order valence-electron chi connectivity index (χ0n) is 16.4. The highest BCUT2D eigenvalue weighted by Gasteiger charge is 2.22.